The van der Waals surface area contributed by atoms with Crippen molar-refractivity contribution in [2.45, 2.75) is 40.0 Å². The highest BCUT2D eigenvalue weighted by Gasteiger charge is 2.25. The summed E-state index contributed by atoms with van der Waals surface area (Å²) in [6.07, 6.45) is 1.86. The van der Waals surface area contributed by atoms with Crippen molar-refractivity contribution >= 4 is 28.2 Å². The summed E-state index contributed by atoms with van der Waals surface area (Å²) in [5.74, 6) is 0.222. The monoisotopic (exact) mass is 451 g/mol. The highest BCUT2D eigenvalue weighted by molar-refractivity contribution is 7.17. The second-order valence-corrected chi connectivity index (χ2v) is 8.55. The van der Waals surface area contributed by atoms with Crippen molar-refractivity contribution in [1.29, 1.82) is 0 Å². The van der Waals surface area contributed by atoms with Crippen LogP contribution >= 0.6 is 11.3 Å². The van der Waals surface area contributed by atoms with Gasteiger partial charge in [0.05, 0.1) is 13.2 Å². The van der Waals surface area contributed by atoms with Crippen LogP contribution in [0.4, 0.5) is 5.00 Å². The molecule has 3 rings (SSSR count). The quantitative estimate of drug-likeness (QED) is 0.292. The van der Waals surface area contributed by atoms with Gasteiger partial charge in [0, 0.05) is 16.9 Å². The van der Waals surface area contributed by atoms with Gasteiger partial charge in [0.15, 0.2) is 0 Å². The Balaban J connectivity index is 1.65. The number of amides is 1. The van der Waals surface area contributed by atoms with Crippen LogP contribution in [0.2, 0.25) is 0 Å². The van der Waals surface area contributed by atoms with E-state index in [1.807, 2.05) is 61.5 Å². The zero-order valence-corrected chi connectivity index (χ0v) is 19.6. The molecule has 0 aliphatic rings. The van der Waals surface area contributed by atoms with Gasteiger partial charge in [0.25, 0.3) is 0 Å². The molecule has 0 unspecified atom stereocenters. The third-order valence-electron chi connectivity index (χ3n) is 5.03. The summed E-state index contributed by atoms with van der Waals surface area (Å²) in [6, 6.07) is 17.7. The van der Waals surface area contributed by atoms with Crippen LogP contribution in [0.3, 0.4) is 0 Å². The van der Waals surface area contributed by atoms with Crippen LogP contribution in [0.25, 0.3) is 11.1 Å². The predicted molar refractivity (Wildman–Crippen MR) is 130 cm³/mol. The Kier molecular flexibility index (Phi) is 8.45. The molecule has 0 fully saturated rings. The zero-order valence-electron chi connectivity index (χ0n) is 18.8. The summed E-state index contributed by atoms with van der Waals surface area (Å²) in [5, 5.41) is 3.45. The topological polar surface area (TPSA) is 64.6 Å². The lowest BCUT2D eigenvalue weighted by Gasteiger charge is -2.10. The Morgan fingerprint density at radius 2 is 1.72 bits per heavy atom. The molecular weight excluding hydrogens is 422 g/mol. The van der Waals surface area contributed by atoms with E-state index in [-0.39, 0.29) is 12.5 Å². The first-order valence-electron chi connectivity index (χ1n) is 10.9. The van der Waals surface area contributed by atoms with E-state index >= 15 is 0 Å². The molecule has 2 aromatic carbocycles. The highest BCUT2D eigenvalue weighted by Crippen LogP contribution is 2.40. The summed E-state index contributed by atoms with van der Waals surface area (Å²) >= 11 is 1.39. The third-order valence-corrected chi connectivity index (χ3v) is 6.05. The van der Waals surface area contributed by atoms with Gasteiger partial charge in [0.1, 0.15) is 16.3 Å². The predicted octanol–water partition coefficient (Wildman–Crippen LogP) is 6.26. The van der Waals surface area contributed by atoms with E-state index in [4.69, 9.17) is 9.47 Å². The first-order valence-corrected chi connectivity index (χ1v) is 11.7. The first kappa shape index (κ1) is 23.5. The minimum Gasteiger partial charge on any atom is -0.494 e. The average molecular weight is 452 g/mol. The molecule has 0 spiro atoms. The van der Waals surface area contributed by atoms with Crippen molar-refractivity contribution in [2.75, 3.05) is 18.5 Å². The number of aryl methyl sites for hydroxylation is 2. The van der Waals surface area contributed by atoms with Gasteiger partial charge in [-0.3, -0.25) is 4.79 Å². The van der Waals surface area contributed by atoms with E-state index in [2.05, 4.69) is 12.2 Å². The van der Waals surface area contributed by atoms with Crippen LogP contribution in [0.1, 0.15) is 47.5 Å². The number of thiophene rings is 1. The summed E-state index contributed by atoms with van der Waals surface area (Å²) in [6.45, 7) is 6.55. The maximum Gasteiger partial charge on any atom is 0.341 e. The molecular formula is C26H29NO4S. The second kappa shape index (κ2) is 11.5. The average Bonchev–Trinajstić information content (AvgIpc) is 3.13. The van der Waals surface area contributed by atoms with Gasteiger partial charge in [-0.1, -0.05) is 49.4 Å². The largest absolute Gasteiger partial charge is 0.494 e. The Morgan fingerprint density at radius 1 is 1.00 bits per heavy atom. The van der Waals surface area contributed by atoms with Crippen molar-refractivity contribution in [3.05, 3.63) is 70.6 Å². The van der Waals surface area contributed by atoms with Crippen molar-refractivity contribution in [3.63, 3.8) is 0 Å². The zero-order chi connectivity index (χ0) is 22.9. The molecule has 0 bridgehead atoms. The Morgan fingerprint density at radius 3 is 2.38 bits per heavy atom. The number of carbonyl (C=O) groups excluding carboxylic acids is 2. The molecule has 6 heteroatoms. The van der Waals surface area contributed by atoms with Crippen molar-refractivity contribution < 1.29 is 19.1 Å². The van der Waals surface area contributed by atoms with Gasteiger partial charge in [-0.05, 0) is 49.9 Å². The number of hydrogen-bond donors (Lipinski definition) is 1. The number of hydrogen-bond acceptors (Lipinski definition) is 5. The SMILES string of the molecule is CCOC(=O)c1c(NC(=O)CCCOc2ccc(CC)cc2)sc(C)c1-c1ccccc1. The van der Waals surface area contributed by atoms with Gasteiger partial charge in [-0.25, -0.2) is 4.79 Å². The molecule has 0 saturated carbocycles. The smallest absolute Gasteiger partial charge is 0.341 e. The number of carbonyl (C=O) groups is 2. The fourth-order valence-electron chi connectivity index (χ4n) is 3.42. The summed E-state index contributed by atoms with van der Waals surface area (Å²) in [4.78, 5) is 26.3. The molecule has 0 atom stereocenters. The van der Waals surface area contributed by atoms with Crippen LogP contribution in [-0.2, 0) is 16.0 Å². The van der Waals surface area contributed by atoms with E-state index in [9.17, 15) is 9.59 Å². The Labute approximate surface area is 193 Å². The lowest BCUT2D eigenvalue weighted by Crippen LogP contribution is -2.15. The number of benzene rings is 2. The standard InChI is InChI=1S/C26H29NO4S/c1-4-19-13-15-21(16-14-19)31-17-9-12-22(28)27-25-24(26(29)30-5-2)23(18(3)32-25)20-10-7-6-8-11-20/h6-8,10-11,13-16H,4-5,9,12,17H2,1-3H3,(H,27,28). The van der Waals surface area contributed by atoms with Crippen LogP contribution in [-0.4, -0.2) is 25.1 Å². The molecule has 0 aliphatic heterocycles. The second-order valence-electron chi connectivity index (χ2n) is 7.32. The van der Waals surface area contributed by atoms with Gasteiger partial charge in [-0.15, -0.1) is 11.3 Å². The Hall–Kier alpha value is -3.12. The lowest BCUT2D eigenvalue weighted by atomic mass is 10.0. The van der Waals surface area contributed by atoms with Gasteiger partial charge >= 0.3 is 5.97 Å². The van der Waals surface area contributed by atoms with Crippen LogP contribution in [0.5, 0.6) is 5.75 Å². The normalized spacial score (nSPS) is 10.6. The number of esters is 1. The van der Waals surface area contributed by atoms with Gasteiger partial charge < -0.3 is 14.8 Å². The number of nitrogens with one attached hydrogen (secondary N) is 1. The number of anilines is 1. The number of rotatable bonds is 10. The maximum absolute atomic E-state index is 12.7. The van der Waals surface area contributed by atoms with E-state index < -0.39 is 5.97 Å². The molecule has 1 N–H and O–H groups in total. The van der Waals surface area contributed by atoms with E-state index in [0.29, 0.717) is 30.0 Å². The van der Waals surface area contributed by atoms with Crippen molar-refractivity contribution in [2.24, 2.45) is 0 Å². The lowest BCUT2D eigenvalue weighted by molar-refractivity contribution is -0.116. The minimum atomic E-state index is -0.426. The maximum atomic E-state index is 12.7. The molecule has 0 radical (unpaired) electrons. The van der Waals surface area contributed by atoms with E-state index in [1.54, 1.807) is 6.92 Å². The molecule has 168 valence electrons. The van der Waals surface area contributed by atoms with E-state index in [0.717, 1.165) is 28.2 Å². The molecule has 1 amide bonds. The summed E-state index contributed by atoms with van der Waals surface area (Å²) < 4.78 is 11.0. The molecule has 3 aromatic rings. The minimum absolute atomic E-state index is 0.152. The third kappa shape index (κ3) is 5.98. The van der Waals surface area contributed by atoms with Gasteiger partial charge in [0.2, 0.25) is 5.91 Å². The van der Waals surface area contributed by atoms with Gasteiger partial charge in [-0.2, -0.15) is 0 Å². The Bertz CT molecular complexity index is 1040. The molecule has 0 saturated heterocycles. The molecule has 32 heavy (non-hydrogen) atoms. The van der Waals surface area contributed by atoms with Crippen molar-refractivity contribution in [1.82, 2.24) is 0 Å². The fourth-order valence-corrected chi connectivity index (χ4v) is 4.50. The first-order chi connectivity index (χ1) is 15.5. The highest BCUT2D eigenvalue weighted by atomic mass is 32.1. The molecule has 0 aliphatic carbocycles. The summed E-state index contributed by atoms with van der Waals surface area (Å²) in [5.41, 5.74) is 3.41. The number of ether oxygens (including phenoxy) is 2. The molecule has 1 heterocycles. The fraction of sp³-hybridized carbons (Fsp3) is 0.308. The molecule has 5 nitrogen and oxygen atoms in total. The van der Waals surface area contributed by atoms with Crippen LogP contribution in [0, 0.1) is 6.92 Å². The van der Waals surface area contributed by atoms with Crippen LogP contribution in [0.15, 0.2) is 54.6 Å². The van der Waals surface area contributed by atoms with Crippen LogP contribution < -0.4 is 10.1 Å². The van der Waals surface area contributed by atoms with Crippen molar-refractivity contribution in [3.8, 4) is 16.9 Å². The summed E-state index contributed by atoms with van der Waals surface area (Å²) in [7, 11) is 0. The molecule has 1 aromatic heterocycles. The van der Waals surface area contributed by atoms with E-state index in [1.165, 1.54) is 16.9 Å².